The predicted octanol–water partition coefficient (Wildman–Crippen LogP) is 1.61. The van der Waals surface area contributed by atoms with E-state index in [1.165, 1.54) is 11.0 Å². The fraction of sp³-hybridized carbons (Fsp3) is 0.118. The minimum Gasteiger partial charge on any atom is -0.507 e. The summed E-state index contributed by atoms with van der Waals surface area (Å²) in [6.45, 7) is 0. The first-order chi connectivity index (χ1) is 10.0. The van der Waals surface area contributed by atoms with Crippen molar-refractivity contribution in [3.8, 4) is 17.6 Å². The molecule has 2 N–H and O–H groups in total. The minimum atomic E-state index is -1.88. The van der Waals surface area contributed by atoms with Gasteiger partial charge in [0.2, 0.25) is 5.60 Å². The highest BCUT2D eigenvalue weighted by Crippen LogP contribution is 2.38. The largest absolute Gasteiger partial charge is 0.507 e. The van der Waals surface area contributed by atoms with Crippen molar-refractivity contribution in [2.75, 3.05) is 11.9 Å². The Morgan fingerprint density at radius 3 is 2.52 bits per heavy atom. The number of carbonyl (C=O) groups excluding carboxylic acids is 1. The van der Waals surface area contributed by atoms with Crippen LogP contribution in [0.5, 0.6) is 5.75 Å². The number of fused-ring (bicyclic) bond motifs is 1. The summed E-state index contributed by atoms with van der Waals surface area (Å²) in [7, 11) is 1.60. The van der Waals surface area contributed by atoms with E-state index >= 15 is 0 Å². The molecule has 1 aliphatic rings. The third-order valence-corrected chi connectivity index (χ3v) is 3.55. The molecular formula is C17H13NO3. The van der Waals surface area contributed by atoms with Crippen molar-refractivity contribution in [1.82, 2.24) is 0 Å². The Labute approximate surface area is 122 Å². The van der Waals surface area contributed by atoms with Crippen molar-refractivity contribution >= 4 is 11.6 Å². The number of carbonyl (C=O) groups is 1. The molecule has 0 radical (unpaired) electrons. The van der Waals surface area contributed by atoms with Crippen molar-refractivity contribution in [2.24, 2.45) is 0 Å². The standard InChI is InChI=1S/C17H13NO3/c1-18-14-8-4-3-7-13(14)17(21,16(18)20)11-10-12-6-2-5-9-15(12)19/h2-9,19,21H,1H3. The lowest BCUT2D eigenvalue weighted by molar-refractivity contribution is -0.130. The number of para-hydroxylation sites is 2. The maximum atomic E-state index is 12.3. The van der Waals surface area contributed by atoms with Gasteiger partial charge in [0, 0.05) is 12.6 Å². The molecule has 1 aliphatic heterocycles. The van der Waals surface area contributed by atoms with E-state index in [-0.39, 0.29) is 5.75 Å². The molecule has 21 heavy (non-hydrogen) atoms. The van der Waals surface area contributed by atoms with Crippen molar-refractivity contribution in [3.05, 3.63) is 59.7 Å². The van der Waals surface area contributed by atoms with E-state index in [2.05, 4.69) is 11.8 Å². The van der Waals surface area contributed by atoms with Gasteiger partial charge in [-0.1, -0.05) is 36.3 Å². The summed E-state index contributed by atoms with van der Waals surface area (Å²) in [5.41, 5.74) is -0.420. The summed E-state index contributed by atoms with van der Waals surface area (Å²) < 4.78 is 0. The van der Waals surface area contributed by atoms with Gasteiger partial charge in [-0.3, -0.25) is 4.79 Å². The summed E-state index contributed by atoms with van der Waals surface area (Å²) >= 11 is 0. The Morgan fingerprint density at radius 1 is 1.10 bits per heavy atom. The highest BCUT2D eigenvalue weighted by Gasteiger charge is 2.47. The number of anilines is 1. The van der Waals surface area contributed by atoms with Crippen molar-refractivity contribution in [1.29, 1.82) is 0 Å². The maximum absolute atomic E-state index is 12.3. The van der Waals surface area contributed by atoms with Gasteiger partial charge < -0.3 is 15.1 Å². The maximum Gasteiger partial charge on any atom is 0.276 e. The second-order valence-corrected chi connectivity index (χ2v) is 4.86. The van der Waals surface area contributed by atoms with E-state index in [9.17, 15) is 15.0 Å². The van der Waals surface area contributed by atoms with E-state index < -0.39 is 11.5 Å². The first kappa shape index (κ1) is 13.2. The quantitative estimate of drug-likeness (QED) is 0.720. The van der Waals surface area contributed by atoms with Crippen LogP contribution in [0.3, 0.4) is 0 Å². The Morgan fingerprint density at radius 2 is 1.76 bits per heavy atom. The van der Waals surface area contributed by atoms with Crippen molar-refractivity contribution in [2.45, 2.75) is 5.60 Å². The van der Waals surface area contributed by atoms with Gasteiger partial charge in [-0.2, -0.15) is 0 Å². The van der Waals surface area contributed by atoms with Crippen molar-refractivity contribution in [3.63, 3.8) is 0 Å². The number of hydrogen-bond acceptors (Lipinski definition) is 3. The first-order valence-corrected chi connectivity index (χ1v) is 6.45. The normalized spacial score (nSPS) is 19.9. The van der Waals surface area contributed by atoms with Gasteiger partial charge in [0.15, 0.2) is 0 Å². The number of phenols is 1. The molecular weight excluding hydrogens is 266 g/mol. The fourth-order valence-electron chi connectivity index (χ4n) is 2.40. The number of aliphatic hydroxyl groups is 1. The van der Waals surface area contributed by atoms with E-state index in [4.69, 9.17) is 0 Å². The zero-order valence-corrected chi connectivity index (χ0v) is 11.4. The van der Waals surface area contributed by atoms with Crippen LogP contribution in [0, 0.1) is 11.8 Å². The molecule has 1 heterocycles. The molecule has 4 heteroatoms. The molecule has 1 unspecified atom stereocenters. The number of likely N-dealkylation sites (N-methyl/N-ethyl adjacent to an activating group) is 1. The third kappa shape index (κ3) is 1.95. The van der Waals surface area contributed by atoms with Gasteiger partial charge >= 0.3 is 0 Å². The molecule has 0 saturated carbocycles. The highest BCUT2D eigenvalue weighted by atomic mass is 16.3. The second-order valence-electron chi connectivity index (χ2n) is 4.86. The molecule has 0 saturated heterocycles. The molecule has 1 atom stereocenters. The second kappa shape index (κ2) is 4.65. The topological polar surface area (TPSA) is 60.8 Å². The molecule has 0 spiro atoms. The van der Waals surface area contributed by atoms with Crippen molar-refractivity contribution < 1.29 is 15.0 Å². The van der Waals surface area contributed by atoms with Gasteiger partial charge in [-0.05, 0) is 24.1 Å². The summed E-state index contributed by atoms with van der Waals surface area (Å²) in [6.07, 6.45) is 0. The molecule has 104 valence electrons. The first-order valence-electron chi connectivity index (χ1n) is 6.45. The Bertz CT molecular complexity index is 788. The van der Waals surface area contributed by atoms with E-state index in [0.29, 0.717) is 16.8 Å². The predicted molar refractivity (Wildman–Crippen MR) is 78.7 cm³/mol. The summed E-state index contributed by atoms with van der Waals surface area (Å²) in [5, 5.41) is 20.4. The highest BCUT2D eigenvalue weighted by molar-refractivity contribution is 6.08. The molecule has 2 aromatic carbocycles. The van der Waals surface area contributed by atoms with Crippen LogP contribution in [0.25, 0.3) is 0 Å². The summed E-state index contributed by atoms with van der Waals surface area (Å²) in [4.78, 5) is 13.7. The lowest BCUT2D eigenvalue weighted by Gasteiger charge is -2.14. The lowest BCUT2D eigenvalue weighted by Crippen LogP contribution is -2.37. The number of phenolic OH excluding ortho intramolecular Hbond substituents is 1. The fourth-order valence-corrected chi connectivity index (χ4v) is 2.40. The average Bonchev–Trinajstić information content (AvgIpc) is 2.70. The molecule has 4 nitrogen and oxygen atoms in total. The van der Waals surface area contributed by atoms with Gasteiger partial charge in [0.1, 0.15) is 5.75 Å². The summed E-state index contributed by atoms with van der Waals surface area (Å²) in [6, 6.07) is 13.5. The number of benzene rings is 2. The van der Waals surface area contributed by atoms with E-state index in [1.807, 2.05) is 0 Å². The molecule has 3 rings (SSSR count). The van der Waals surface area contributed by atoms with Crippen LogP contribution in [0.4, 0.5) is 5.69 Å². The number of amides is 1. The molecule has 0 fully saturated rings. The van der Waals surface area contributed by atoms with Gasteiger partial charge in [-0.15, -0.1) is 0 Å². The Kier molecular flexibility index (Phi) is 2.93. The van der Waals surface area contributed by atoms with Crippen LogP contribution in [0.2, 0.25) is 0 Å². The van der Waals surface area contributed by atoms with Crippen LogP contribution in [-0.4, -0.2) is 23.2 Å². The number of hydrogen-bond donors (Lipinski definition) is 2. The monoisotopic (exact) mass is 279 g/mol. The minimum absolute atomic E-state index is 0.0145. The Hall–Kier alpha value is -2.77. The van der Waals surface area contributed by atoms with Crippen LogP contribution < -0.4 is 4.90 Å². The van der Waals surface area contributed by atoms with Crippen LogP contribution in [-0.2, 0) is 10.4 Å². The average molecular weight is 279 g/mol. The van der Waals surface area contributed by atoms with Gasteiger partial charge in [0.25, 0.3) is 5.91 Å². The van der Waals surface area contributed by atoms with Crippen LogP contribution in [0.15, 0.2) is 48.5 Å². The lowest BCUT2D eigenvalue weighted by atomic mass is 9.95. The third-order valence-electron chi connectivity index (χ3n) is 3.55. The molecule has 2 aromatic rings. The summed E-state index contributed by atoms with van der Waals surface area (Å²) in [5.74, 6) is 4.82. The van der Waals surface area contributed by atoms with E-state index in [0.717, 1.165) is 0 Å². The van der Waals surface area contributed by atoms with Gasteiger partial charge in [-0.25, -0.2) is 0 Å². The number of nitrogens with zero attached hydrogens (tertiary/aromatic N) is 1. The molecule has 1 amide bonds. The molecule has 0 aliphatic carbocycles. The van der Waals surface area contributed by atoms with Crippen LogP contribution in [0.1, 0.15) is 11.1 Å². The zero-order valence-electron chi connectivity index (χ0n) is 11.4. The number of rotatable bonds is 0. The number of aromatic hydroxyl groups is 1. The SMILES string of the molecule is CN1C(=O)C(O)(C#Cc2ccccc2O)c2ccccc21. The van der Waals surface area contributed by atoms with Crippen LogP contribution >= 0.6 is 0 Å². The van der Waals surface area contributed by atoms with Gasteiger partial charge in [0.05, 0.1) is 11.3 Å². The zero-order chi connectivity index (χ0) is 15.0. The molecule has 0 aromatic heterocycles. The smallest absolute Gasteiger partial charge is 0.276 e. The van der Waals surface area contributed by atoms with E-state index in [1.54, 1.807) is 49.5 Å². The Balaban J connectivity index is 2.11. The molecule has 0 bridgehead atoms.